The Morgan fingerprint density at radius 2 is 1.59 bits per heavy atom. The van der Waals surface area contributed by atoms with Gasteiger partial charge in [0.2, 0.25) is 17.7 Å². The summed E-state index contributed by atoms with van der Waals surface area (Å²) in [6.07, 6.45) is 5.10. The van der Waals surface area contributed by atoms with Gasteiger partial charge >= 0.3 is 0 Å². The summed E-state index contributed by atoms with van der Waals surface area (Å²) >= 11 is 0. The molecule has 1 N–H and O–H groups in total. The van der Waals surface area contributed by atoms with Gasteiger partial charge in [0.25, 0.3) is 11.8 Å². The van der Waals surface area contributed by atoms with Gasteiger partial charge in [0, 0.05) is 81.9 Å². The molecular weight excluding hydrogens is 712 g/mol. The van der Waals surface area contributed by atoms with Crippen LogP contribution in [0, 0.1) is 12.7 Å². The highest BCUT2D eigenvalue weighted by Crippen LogP contribution is 2.34. The van der Waals surface area contributed by atoms with E-state index >= 15 is 0 Å². The van der Waals surface area contributed by atoms with Crippen molar-refractivity contribution in [3.8, 4) is 0 Å². The van der Waals surface area contributed by atoms with Crippen LogP contribution >= 0.6 is 0 Å². The van der Waals surface area contributed by atoms with Crippen LogP contribution in [-0.2, 0) is 27.3 Å². The van der Waals surface area contributed by atoms with Crippen molar-refractivity contribution in [3.63, 3.8) is 0 Å². The molecule has 0 saturated carbocycles. The predicted molar refractivity (Wildman–Crippen MR) is 212 cm³/mol. The maximum absolute atomic E-state index is 14.6. The smallest absolute Gasteiger partial charge is 0.262 e. The number of fused-ring (bicyclic) bond motifs is 1. The molecule has 0 aromatic heterocycles. The van der Waals surface area contributed by atoms with Crippen LogP contribution in [0.1, 0.15) is 93.8 Å². The highest BCUT2D eigenvalue weighted by atomic mass is 19.1. The third kappa shape index (κ3) is 8.41. The predicted octanol–water partition coefficient (Wildman–Crippen LogP) is 4.91. The van der Waals surface area contributed by atoms with E-state index < -0.39 is 29.7 Å². The van der Waals surface area contributed by atoms with Gasteiger partial charge in [0.05, 0.1) is 11.1 Å². The molecule has 3 atom stereocenters. The molecule has 4 aliphatic heterocycles. The number of rotatable bonds is 13. The fraction of sp³-hybridized carbons (Fsp3) is 0.477. The lowest BCUT2D eigenvalue weighted by atomic mass is 9.93. The maximum Gasteiger partial charge on any atom is 0.262 e. The van der Waals surface area contributed by atoms with Crippen molar-refractivity contribution < 1.29 is 28.4 Å². The molecule has 7 rings (SSSR count). The zero-order valence-electron chi connectivity index (χ0n) is 32.8. The fourth-order valence-corrected chi connectivity index (χ4v) is 8.87. The fourth-order valence-electron chi connectivity index (χ4n) is 8.87. The van der Waals surface area contributed by atoms with E-state index in [1.165, 1.54) is 11.3 Å². The SMILES string of the molecule is Cc1cccc(F)c1CN1C[C@H](c2ccc(N3CCN(C(=O)CCCCCCc4ccc5c(c4)C(=O)N(C4CCC(=O)NC4=O)C5=O)CC3)cc2)[C@@H](N(C)C)C1. The minimum atomic E-state index is -0.968. The lowest BCUT2D eigenvalue weighted by molar-refractivity contribution is -0.136. The molecule has 3 fully saturated rings. The van der Waals surface area contributed by atoms with Crippen LogP contribution < -0.4 is 10.2 Å². The lowest BCUT2D eigenvalue weighted by Gasteiger charge is -2.36. The number of imide groups is 2. The van der Waals surface area contributed by atoms with Gasteiger partial charge in [-0.05, 0) is 93.7 Å². The Kier molecular flexibility index (Phi) is 12.0. The second-order valence-corrected chi connectivity index (χ2v) is 16.1. The first-order valence-electron chi connectivity index (χ1n) is 20.1. The van der Waals surface area contributed by atoms with Crippen molar-refractivity contribution in [2.45, 2.75) is 82.8 Å². The maximum atomic E-state index is 14.6. The van der Waals surface area contributed by atoms with Crippen molar-refractivity contribution in [2.24, 2.45) is 0 Å². The summed E-state index contributed by atoms with van der Waals surface area (Å²) in [6.45, 7) is 7.37. The van der Waals surface area contributed by atoms with Crippen molar-refractivity contribution >= 4 is 35.2 Å². The highest BCUT2D eigenvalue weighted by molar-refractivity contribution is 6.23. The van der Waals surface area contributed by atoms with Crippen LogP contribution in [-0.4, -0.2) is 115 Å². The quantitative estimate of drug-likeness (QED) is 0.193. The summed E-state index contributed by atoms with van der Waals surface area (Å²) in [7, 11) is 4.25. The summed E-state index contributed by atoms with van der Waals surface area (Å²) < 4.78 is 14.6. The van der Waals surface area contributed by atoms with Crippen LogP contribution in [0.4, 0.5) is 10.1 Å². The van der Waals surface area contributed by atoms with E-state index in [1.807, 2.05) is 24.0 Å². The first kappa shape index (κ1) is 39.3. The van der Waals surface area contributed by atoms with Gasteiger partial charge in [-0.15, -0.1) is 0 Å². The normalized spacial score (nSPS) is 21.7. The van der Waals surface area contributed by atoms with E-state index in [9.17, 15) is 28.4 Å². The number of piperazine rings is 1. The van der Waals surface area contributed by atoms with E-state index in [4.69, 9.17) is 0 Å². The van der Waals surface area contributed by atoms with Crippen LogP contribution in [0.2, 0.25) is 0 Å². The number of carbonyl (C=O) groups excluding carboxylic acids is 5. The minimum Gasteiger partial charge on any atom is -0.368 e. The van der Waals surface area contributed by atoms with Gasteiger partial charge in [-0.3, -0.25) is 39.1 Å². The number of aryl methyl sites for hydroxylation is 2. The summed E-state index contributed by atoms with van der Waals surface area (Å²) in [5.74, 6) is -1.59. The molecule has 0 aliphatic carbocycles. The molecule has 4 heterocycles. The van der Waals surface area contributed by atoms with Gasteiger partial charge in [0.15, 0.2) is 0 Å². The summed E-state index contributed by atoms with van der Waals surface area (Å²) in [5, 5.41) is 2.22. The molecule has 0 spiro atoms. The van der Waals surface area contributed by atoms with Crippen LogP contribution in [0.25, 0.3) is 0 Å². The number of carbonyl (C=O) groups is 5. The van der Waals surface area contributed by atoms with Gasteiger partial charge < -0.3 is 14.7 Å². The molecule has 3 aromatic carbocycles. The molecular formula is C44H53FN6O5. The first-order valence-corrected chi connectivity index (χ1v) is 20.1. The summed E-state index contributed by atoms with van der Waals surface area (Å²) in [6, 6.07) is 18.9. The second-order valence-electron chi connectivity index (χ2n) is 16.1. The van der Waals surface area contributed by atoms with E-state index in [1.54, 1.807) is 24.3 Å². The van der Waals surface area contributed by atoms with E-state index in [-0.39, 0.29) is 24.6 Å². The van der Waals surface area contributed by atoms with Crippen LogP contribution in [0.3, 0.4) is 0 Å². The Balaban J connectivity index is 0.819. The average molecular weight is 765 g/mol. The number of piperidine rings is 1. The number of anilines is 1. The van der Waals surface area contributed by atoms with E-state index in [2.05, 4.69) is 58.4 Å². The van der Waals surface area contributed by atoms with Gasteiger partial charge in [-0.2, -0.15) is 0 Å². The third-order valence-electron chi connectivity index (χ3n) is 12.2. The minimum absolute atomic E-state index is 0.0910. The molecule has 296 valence electrons. The number of likely N-dealkylation sites (tertiary alicyclic amines) is 1. The second kappa shape index (κ2) is 17.1. The molecule has 4 aliphatic rings. The lowest BCUT2D eigenvalue weighted by Crippen LogP contribution is -2.54. The van der Waals surface area contributed by atoms with Gasteiger partial charge in [0.1, 0.15) is 11.9 Å². The van der Waals surface area contributed by atoms with E-state index in [0.717, 1.165) is 79.9 Å². The number of likely N-dealkylation sites (N-methyl/N-ethyl adjacent to an activating group) is 1. The Hall–Kier alpha value is -4.94. The standard InChI is InChI=1S/C44H53FN6O5/c1-29-9-8-11-37(45)35(29)26-48-27-36(39(28-48)47(2)3)31-14-16-32(17-15-31)49-21-23-50(24-22-49)41(53)12-7-5-4-6-10-30-13-18-33-34(25-30)44(56)51(43(33)55)38-19-20-40(52)46-42(38)54/h8-9,11,13-18,25,36,38-39H,4-7,10,12,19-24,26-28H2,1-3H3,(H,46,52,54)/t36-,38?,39+/m1/s1. The Labute approximate surface area is 328 Å². The van der Waals surface area contributed by atoms with Crippen molar-refractivity contribution in [1.82, 2.24) is 24.9 Å². The molecule has 56 heavy (non-hydrogen) atoms. The van der Waals surface area contributed by atoms with Crippen LogP contribution in [0.5, 0.6) is 0 Å². The molecule has 5 amide bonds. The number of hydrogen-bond acceptors (Lipinski definition) is 8. The molecule has 0 radical (unpaired) electrons. The molecule has 11 nitrogen and oxygen atoms in total. The zero-order valence-corrected chi connectivity index (χ0v) is 32.8. The first-order chi connectivity index (χ1) is 27.0. The average Bonchev–Trinajstić information content (AvgIpc) is 3.72. The zero-order chi connectivity index (χ0) is 39.5. The number of nitrogens with zero attached hydrogens (tertiary/aromatic N) is 5. The number of halogens is 1. The molecule has 12 heteroatoms. The van der Waals surface area contributed by atoms with E-state index in [0.29, 0.717) is 49.1 Å². The topological polar surface area (TPSA) is 114 Å². The van der Waals surface area contributed by atoms with Crippen molar-refractivity contribution in [3.05, 3.63) is 99.9 Å². The molecule has 0 bridgehead atoms. The number of hydrogen-bond donors (Lipinski definition) is 1. The molecule has 3 saturated heterocycles. The summed E-state index contributed by atoms with van der Waals surface area (Å²) in [5.41, 5.74) is 5.80. The number of amides is 5. The number of benzene rings is 3. The number of unbranched alkanes of at least 4 members (excludes halogenated alkanes) is 3. The van der Waals surface area contributed by atoms with Crippen molar-refractivity contribution in [2.75, 3.05) is 58.3 Å². The Bertz CT molecular complexity index is 1960. The van der Waals surface area contributed by atoms with Crippen molar-refractivity contribution in [1.29, 1.82) is 0 Å². The number of nitrogens with one attached hydrogen (secondary N) is 1. The monoisotopic (exact) mass is 764 g/mol. The summed E-state index contributed by atoms with van der Waals surface area (Å²) in [4.78, 5) is 73.0. The van der Waals surface area contributed by atoms with Crippen LogP contribution in [0.15, 0.2) is 60.7 Å². The third-order valence-corrected chi connectivity index (χ3v) is 12.2. The Morgan fingerprint density at radius 3 is 2.30 bits per heavy atom. The highest BCUT2D eigenvalue weighted by Gasteiger charge is 2.44. The largest absolute Gasteiger partial charge is 0.368 e. The molecule has 1 unspecified atom stereocenters. The van der Waals surface area contributed by atoms with Gasteiger partial charge in [-0.25, -0.2) is 4.39 Å². The Morgan fingerprint density at radius 1 is 0.857 bits per heavy atom. The van der Waals surface area contributed by atoms with Gasteiger partial charge in [-0.1, -0.05) is 43.2 Å². The molecule has 3 aromatic rings.